The van der Waals surface area contributed by atoms with Crippen molar-refractivity contribution in [3.05, 3.63) is 22.7 Å². The molecule has 4 rings (SSSR count). The zero-order valence-corrected chi connectivity index (χ0v) is 27.4. The van der Waals surface area contributed by atoms with Crippen LogP contribution in [0.25, 0.3) is 0 Å². The summed E-state index contributed by atoms with van der Waals surface area (Å²) in [6.45, 7) is 14.0. The molecule has 234 valence electrons. The van der Waals surface area contributed by atoms with Crippen LogP contribution in [0.2, 0.25) is 0 Å². The van der Waals surface area contributed by atoms with Crippen molar-refractivity contribution in [1.29, 1.82) is 0 Å². The summed E-state index contributed by atoms with van der Waals surface area (Å²) in [7, 11) is 0. The Morgan fingerprint density at radius 3 is 2.45 bits per heavy atom. The van der Waals surface area contributed by atoms with Gasteiger partial charge in [-0.1, -0.05) is 55.8 Å². The molecule has 42 heavy (non-hydrogen) atoms. The second kappa shape index (κ2) is 12.0. The number of aliphatic hydroxyl groups is 1. The van der Waals surface area contributed by atoms with Crippen LogP contribution < -0.4 is 5.32 Å². The summed E-state index contributed by atoms with van der Waals surface area (Å²) in [6.07, 6.45) is 5.97. The smallest absolute Gasteiger partial charge is 0.313 e. The topological polar surface area (TPSA) is 125 Å². The van der Waals surface area contributed by atoms with E-state index in [9.17, 15) is 24.3 Å². The summed E-state index contributed by atoms with van der Waals surface area (Å²) in [5.41, 5.74) is -2.15. The van der Waals surface area contributed by atoms with Crippen LogP contribution in [0.5, 0.6) is 0 Å². The minimum absolute atomic E-state index is 0.112. The molecule has 4 aliphatic rings. The average Bonchev–Trinajstić information content (AvgIpc) is 3.47. The first-order chi connectivity index (χ1) is 19.6. The van der Waals surface area contributed by atoms with Gasteiger partial charge in [-0.25, -0.2) is 0 Å². The number of allylic oxidation sites excluding steroid dienone is 1. The van der Waals surface area contributed by atoms with Gasteiger partial charge < -0.3 is 29.7 Å². The third-order valence-corrected chi connectivity index (χ3v) is 9.48. The SMILES string of the molecule is CC[C@@H](CO)N1C(=O)[C@H]2[C@@H]3C(=O)O[C@H](C)CNC(=O)CC/C=C\CN(C(C)(C)CC(C)(C)C)C(=O)[C@H]1[C@@]21C=C(Br)[C@@H]3O1. The van der Waals surface area contributed by atoms with E-state index in [-0.39, 0.29) is 43.3 Å². The van der Waals surface area contributed by atoms with Crippen molar-refractivity contribution < 1.29 is 33.8 Å². The number of ether oxygens (including phenoxy) is 2. The molecule has 2 N–H and O–H groups in total. The largest absolute Gasteiger partial charge is 0.460 e. The fourth-order valence-electron chi connectivity index (χ4n) is 7.37. The number of fused-ring (bicyclic) bond motifs is 2. The van der Waals surface area contributed by atoms with Gasteiger partial charge in [-0.05, 0) is 51.5 Å². The van der Waals surface area contributed by atoms with Gasteiger partial charge in [0.25, 0.3) is 0 Å². The van der Waals surface area contributed by atoms with Gasteiger partial charge in [0.15, 0.2) is 0 Å². The Morgan fingerprint density at radius 1 is 1.14 bits per heavy atom. The maximum atomic E-state index is 15.0. The third kappa shape index (κ3) is 5.93. The van der Waals surface area contributed by atoms with Gasteiger partial charge in [0.2, 0.25) is 17.7 Å². The monoisotopic (exact) mass is 651 g/mol. The number of carbonyl (C=O) groups is 4. The summed E-state index contributed by atoms with van der Waals surface area (Å²) >= 11 is 3.56. The summed E-state index contributed by atoms with van der Waals surface area (Å²) in [4.78, 5) is 58.6. The first kappa shape index (κ1) is 32.7. The van der Waals surface area contributed by atoms with Crippen molar-refractivity contribution in [2.45, 2.75) is 110 Å². The highest BCUT2D eigenvalue weighted by Crippen LogP contribution is 2.59. The van der Waals surface area contributed by atoms with Gasteiger partial charge in [-0.2, -0.15) is 0 Å². The molecule has 7 atom stereocenters. The fraction of sp³-hybridized carbons (Fsp3) is 0.742. The maximum Gasteiger partial charge on any atom is 0.313 e. The molecule has 11 heteroatoms. The highest BCUT2D eigenvalue weighted by Gasteiger charge is 2.75. The van der Waals surface area contributed by atoms with Crippen LogP contribution in [0.4, 0.5) is 0 Å². The summed E-state index contributed by atoms with van der Waals surface area (Å²) in [5.74, 6) is -3.47. The number of likely N-dealkylation sites (tertiary alicyclic amines) is 1. The Labute approximate surface area is 257 Å². The van der Waals surface area contributed by atoms with E-state index in [1.54, 1.807) is 17.9 Å². The number of halogens is 1. The van der Waals surface area contributed by atoms with E-state index in [1.165, 1.54) is 4.90 Å². The molecule has 0 unspecified atom stereocenters. The van der Waals surface area contributed by atoms with Gasteiger partial charge >= 0.3 is 5.97 Å². The van der Waals surface area contributed by atoms with E-state index in [2.05, 4.69) is 42.0 Å². The summed E-state index contributed by atoms with van der Waals surface area (Å²) in [5, 5.41) is 13.2. The minimum Gasteiger partial charge on any atom is -0.460 e. The lowest BCUT2D eigenvalue weighted by Gasteiger charge is -2.46. The molecule has 0 aromatic heterocycles. The van der Waals surface area contributed by atoms with Crippen molar-refractivity contribution in [2.24, 2.45) is 17.3 Å². The number of nitrogens with zero attached hydrogens (tertiary/aromatic N) is 2. The van der Waals surface area contributed by atoms with Gasteiger partial charge in [0, 0.05) is 23.0 Å². The maximum absolute atomic E-state index is 15.0. The Morgan fingerprint density at radius 2 is 1.83 bits per heavy atom. The van der Waals surface area contributed by atoms with E-state index in [4.69, 9.17) is 9.47 Å². The Hall–Kier alpha value is -2.24. The number of amides is 3. The van der Waals surface area contributed by atoms with Gasteiger partial charge in [0.05, 0.1) is 25.1 Å². The molecule has 2 fully saturated rings. The molecule has 5 bridgehead atoms. The van der Waals surface area contributed by atoms with Crippen LogP contribution in [0.3, 0.4) is 0 Å². The van der Waals surface area contributed by atoms with E-state index in [0.717, 1.165) is 0 Å². The van der Waals surface area contributed by atoms with E-state index in [1.807, 2.05) is 32.9 Å². The number of aliphatic hydroxyl groups excluding tert-OH is 1. The van der Waals surface area contributed by atoms with Crippen molar-refractivity contribution in [2.75, 3.05) is 19.7 Å². The second-order valence-corrected chi connectivity index (χ2v) is 14.8. The van der Waals surface area contributed by atoms with E-state index < -0.39 is 59.1 Å². The molecular weight excluding hydrogens is 606 g/mol. The Kier molecular flexibility index (Phi) is 9.36. The number of cyclic esters (lactones) is 1. The molecule has 0 radical (unpaired) electrons. The number of esters is 1. The predicted octanol–water partition coefficient (Wildman–Crippen LogP) is 3.07. The number of nitrogens with one attached hydrogen (secondary N) is 1. The average molecular weight is 653 g/mol. The molecule has 2 saturated heterocycles. The molecule has 1 spiro atoms. The lowest BCUT2D eigenvalue weighted by molar-refractivity contribution is -0.160. The third-order valence-electron chi connectivity index (χ3n) is 8.80. The van der Waals surface area contributed by atoms with Crippen LogP contribution >= 0.6 is 15.9 Å². The molecular formula is C31H46BrN3O7. The van der Waals surface area contributed by atoms with Crippen LogP contribution in [0.15, 0.2) is 22.7 Å². The van der Waals surface area contributed by atoms with Crippen molar-refractivity contribution in [1.82, 2.24) is 15.1 Å². The Balaban J connectivity index is 1.88. The summed E-state index contributed by atoms with van der Waals surface area (Å²) in [6, 6.07) is -1.73. The quantitative estimate of drug-likeness (QED) is 0.346. The fourth-order valence-corrected chi connectivity index (χ4v) is 8.10. The van der Waals surface area contributed by atoms with Crippen molar-refractivity contribution >= 4 is 39.6 Å². The number of hydrogen-bond acceptors (Lipinski definition) is 7. The molecule has 4 aliphatic heterocycles. The normalized spacial score (nSPS) is 34.2. The van der Waals surface area contributed by atoms with Gasteiger partial charge in [-0.3, -0.25) is 19.2 Å². The predicted molar refractivity (Wildman–Crippen MR) is 160 cm³/mol. The van der Waals surface area contributed by atoms with Crippen molar-refractivity contribution in [3.63, 3.8) is 0 Å². The zero-order chi connectivity index (χ0) is 31.2. The first-order valence-corrected chi connectivity index (χ1v) is 15.8. The zero-order valence-electron chi connectivity index (χ0n) is 25.8. The van der Waals surface area contributed by atoms with Crippen molar-refractivity contribution in [3.8, 4) is 0 Å². The molecule has 10 nitrogen and oxygen atoms in total. The molecule has 0 aromatic carbocycles. The molecule has 4 heterocycles. The number of hydrogen-bond donors (Lipinski definition) is 2. The number of rotatable bonds is 5. The highest BCUT2D eigenvalue weighted by atomic mass is 79.9. The highest BCUT2D eigenvalue weighted by molar-refractivity contribution is 9.11. The number of carbonyl (C=O) groups excluding carboxylic acids is 4. The lowest BCUT2D eigenvalue weighted by atomic mass is 9.74. The van der Waals surface area contributed by atoms with Crippen LogP contribution in [-0.4, -0.2) is 93.7 Å². The minimum atomic E-state index is -1.41. The molecule has 0 aromatic rings. The van der Waals surface area contributed by atoms with Crippen LogP contribution in [0, 0.1) is 17.3 Å². The second-order valence-electron chi connectivity index (χ2n) is 13.9. The molecule has 3 amide bonds. The molecule has 0 saturated carbocycles. The van der Waals surface area contributed by atoms with Crippen LogP contribution in [0.1, 0.15) is 74.1 Å². The Bertz CT molecular complexity index is 1160. The summed E-state index contributed by atoms with van der Waals surface area (Å²) < 4.78 is 12.9. The van der Waals surface area contributed by atoms with Gasteiger partial charge in [-0.15, -0.1) is 0 Å². The van der Waals surface area contributed by atoms with Gasteiger partial charge in [0.1, 0.15) is 29.8 Å². The lowest BCUT2D eigenvalue weighted by Crippen LogP contribution is -2.62. The standard InChI is InChI=1S/C31H46BrN3O7/c1-8-19(16-36)35-25-27(39)34(30(6,7)17-29(3,4)5)13-11-9-10-12-21(37)33-15-18(2)41-28(40)22-23(26(35)38)31(25)14-20(32)24(22)42-31/h9,11,14,18-19,22-25,36H,8,10,12-13,15-17H2,1-7H3,(H,33,37)/b11-9-/t18-,19+,22+,23-,24+,25+,31-/m1/s1. The molecule has 0 aliphatic carbocycles. The first-order valence-electron chi connectivity index (χ1n) is 15.0. The van der Waals surface area contributed by atoms with E-state index in [0.29, 0.717) is 23.7 Å². The van der Waals surface area contributed by atoms with Crippen LogP contribution in [-0.2, 0) is 28.7 Å². The van der Waals surface area contributed by atoms with E-state index >= 15 is 0 Å².